The van der Waals surface area contributed by atoms with Crippen molar-refractivity contribution in [2.24, 2.45) is 5.92 Å². The average Bonchev–Trinajstić information content (AvgIpc) is 3.37. The van der Waals surface area contributed by atoms with E-state index in [-0.39, 0.29) is 42.3 Å². The third-order valence-electron chi connectivity index (χ3n) is 7.58. The van der Waals surface area contributed by atoms with Gasteiger partial charge in [-0.05, 0) is 62.0 Å². The summed E-state index contributed by atoms with van der Waals surface area (Å²) in [5.41, 5.74) is 1.25. The van der Waals surface area contributed by atoms with Crippen LogP contribution in [-0.4, -0.2) is 88.9 Å². The highest BCUT2D eigenvalue weighted by Gasteiger charge is 2.50. The van der Waals surface area contributed by atoms with Gasteiger partial charge in [-0.1, -0.05) is 17.7 Å². The van der Waals surface area contributed by atoms with Gasteiger partial charge in [0.05, 0.1) is 5.02 Å². The van der Waals surface area contributed by atoms with E-state index in [4.69, 9.17) is 11.6 Å². The molecule has 4 aliphatic rings. The zero-order chi connectivity index (χ0) is 24.9. The Morgan fingerprint density at radius 3 is 2.49 bits per heavy atom. The quantitative estimate of drug-likeness (QED) is 0.465. The summed E-state index contributed by atoms with van der Waals surface area (Å²) in [6.07, 6.45) is 3.21. The zero-order valence-electron chi connectivity index (χ0n) is 19.6. The Morgan fingerprint density at radius 2 is 1.77 bits per heavy atom. The number of ketones is 1. The summed E-state index contributed by atoms with van der Waals surface area (Å²) >= 11 is 5.87. The highest BCUT2D eigenvalue weighted by atomic mass is 35.5. The molecule has 1 aromatic rings. The maximum Gasteiger partial charge on any atom is 0.295 e. The molecule has 4 heterocycles. The standard InChI is InChI=1S/C25H28ClFN4O4/c1-28-14-16(29-8-2-3-9-29)6-11-31-21(24(28)34)17-7-10-30(23(33)20(17)22(32)25(31)35)13-15-4-5-19(27)18(26)12-15/h4-5,12,16,20H,2-3,6-11,13-14H2,1H3. The van der Waals surface area contributed by atoms with E-state index in [9.17, 15) is 23.6 Å². The number of rotatable bonds is 3. The second-order valence-electron chi connectivity index (χ2n) is 9.76. The van der Waals surface area contributed by atoms with Gasteiger partial charge in [0.1, 0.15) is 17.4 Å². The van der Waals surface area contributed by atoms with E-state index in [1.54, 1.807) is 11.9 Å². The fraction of sp³-hybridized carbons (Fsp3) is 0.520. The van der Waals surface area contributed by atoms with Crippen molar-refractivity contribution in [2.45, 2.75) is 38.3 Å². The van der Waals surface area contributed by atoms with Gasteiger partial charge >= 0.3 is 0 Å². The number of hydrogen-bond donors (Lipinski definition) is 0. The van der Waals surface area contributed by atoms with Crippen LogP contribution >= 0.6 is 11.6 Å². The Morgan fingerprint density at radius 1 is 1.03 bits per heavy atom. The second kappa shape index (κ2) is 9.35. The van der Waals surface area contributed by atoms with Crippen LogP contribution in [0, 0.1) is 11.7 Å². The topological polar surface area (TPSA) is 81.2 Å². The molecule has 4 aliphatic heterocycles. The summed E-state index contributed by atoms with van der Waals surface area (Å²) in [5, 5.41) is -0.0512. The highest BCUT2D eigenvalue weighted by molar-refractivity contribution is 6.43. The lowest BCUT2D eigenvalue weighted by Gasteiger charge is -2.43. The third-order valence-corrected chi connectivity index (χ3v) is 7.87. The predicted molar refractivity (Wildman–Crippen MR) is 126 cm³/mol. The monoisotopic (exact) mass is 502 g/mol. The van der Waals surface area contributed by atoms with Gasteiger partial charge in [-0.3, -0.25) is 24.1 Å². The number of fused-ring (bicyclic) bond motifs is 2. The molecule has 0 aromatic heterocycles. The molecule has 10 heteroatoms. The number of benzene rings is 1. The molecule has 3 saturated heterocycles. The Kier molecular flexibility index (Phi) is 6.40. The number of hydrogen-bond acceptors (Lipinski definition) is 5. The summed E-state index contributed by atoms with van der Waals surface area (Å²) < 4.78 is 13.5. The number of carbonyl (C=O) groups excluding carboxylic acids is 4. The lowest BCUT2D eigenvalue weighted by Crippen LogP contribution is -2.58. The molecule has 8 nitrogen and oxygen atoms in total. The van der Waals surface area contributed by atoms with Crippen LogP contribution in [-0.2, 0) is 25.7 Å². The molecule has 2 atom stereocenters. The Balaban J connectivity index is 1.43. The van der Waals surface area contributed by atoms with Crippen molar-refractivity contribution in [3.63, 3.8) is 0 Å². The predicted octanol–water partition coefficient (Wildman–Crippen LogP) is 1.82. The lowest BCUT2D eigenvalue weighted by molar-refractivity contribution is -0.154. The van der Waals surface area contributed by atoms with Crippen LogP contribution in [0.5, 0.6) is 0 Å². The molecule has 0 spiro atoms. The van der Waals surface area contributed by atoms with Gasteiger partial charge in [0, 0.05) is 39.3 Å². The summed E-state index contributed by atoms with van der Waals surface area (Å²) in [5.74, 6) is -4.25. The summed E-state index contributed by atoms with van der Waals surface area (Å²) in [4.78, 5) is 60.0. The number of carbonyl (C=O) groups is 4. The van der Waals surface area contributed by atoms with Gasteiger partial charge < -0.3 is 14.7 Å². The molecule has 0 radical (unpaired) electrons. The largest absolute Gasteiger partial charge is 0.339 e. The average molecular weight is 503 g/mol. The molecule has 0 bridgehead atoms. The number of Topliss-reactive ketones (excluding diaryl/α,β-unsaturated/α-hetero) is 1. The van der Waals surface area contributed by atoms with Crippen LogP contribution in [0.4, 0.5) is 4.39 Å². The molecule has 3 amide bonds. The summed E-state index contributed by atoms with van der Waals surface area (Å²) in [7, 11) is 1.72. The second-order valence-corrected chi connectivity index (χ2v) is 10.2. The number of nitrogens with zero attached hydrogens (tertiary/aromatic N) is 4. The molecule has 35 heavy (non-hydrogen) atoms. The minimum Gasteiger partial charge on any atom is -0.339 e. The van der Waals surface area contributed by atoms with E-state index >= 15 is 0 Å². The molecule has 1 aromatic carbocycles. The van der Waals surface area contributed by atoms with E-state index in [0.29, 0.717) is 30.5 Å². The Labute approximate surface area is 208 Å². The first kappa shape index (κ1) is 23.9. The van der Waals surface area contributed by atoms with Gasteiger partial charge in [0.15, 0.2) is 0 Å². The van der Waals surface area contributed by atoms with E-state index in [1.165, 1.54) is 28.0 Å². The van der Waals surface area contributed by atoms with Crippen molar-refractivity contribution in [2.75, 3.05) is 39.8 Å². The van der Waals surface area contributed by atoms with Crippen LogP contribution in [0.25, 0.3) is 0 Å². The molecule has 2 unspecified atom stereocenters. The van der Waals surface area contributed by atoms with Gasteiger partial charge in [0.2, 0.25) is 11.7 Å². The van der Waals surface area contributed by atoms with Gasteiger partial charge in [0.25, 0.3) is 11.8 Å². The first-order chi connectivity index (χ1) is 16.8. The summed E-state index contributed by atoms with van der Waals surface area (Å²) in [6.45, 7) is 3.18. The Bertz CT molecular complexity index is 1130. The van der Waals surface area contributed by atoms with Crippen molar-refractivity contribution in [1.82, 2.24) is 19.6 Å². The van der Waals surface area contributed by atoms with Crippen molar-refractivity contribution in [1.29, 1.82) is 0 Å². The van der Waals surface area contributed by atoms with E-state index in [1.807, 2.05) is 0 Å². The molecule has 0 N–H and O–H groups in total. The van der Waals surface area contributed by atoms with Crippen LogP contribution in [0.1, 0.15) is 31.2 Å². The molecule has 0 aliphatic carbocycles. The normalized spacial score (nSPS) is 26.2. The van der Waals surface area contributed by atoms with Crippen molar-refractivity contribution in [3.8, 4) is 0 Å². The number of likely N-dealkylation sites (N-methyl/N-ethyl adjacent to an activating group) is 1. The fourth-order valence-electron chi connectivity index (χ4n) is 5.73. The van der Waals surface area contributed by atoms with E-state index in [2.05, 4.69) is 4.90 Å². The highest BCUT2D eigenvalue weighted by Crippen LogP contribution is 2.36. The molecular weight excluding hydrogens is 475 g/mol. The van der Waals surface area contributed by atoms with Crippen molar-refractivity contribution in [3.05, 3.63) is 45.9 Å². The summed E-state index contributed by atoms with van der Waals surface area (Å²) in [6, 6.07) is 4.33. The van der Waals surface area contributed by atoms with Crippen LogP contribution < -0.4 is 0 Å². The minimum absolute atomic E-state index is 0.0512. The SMILES string of the molecule is CN1CC(N2CCCC2)CCN2C(=O)C(=O)C3C(=O)N(Cc4ccc(F)c(Cl)c4)CCC3=C2C1=O. The van der Waals surface area contributed by atoms with Gasteiger partial charge in [-0.2, -0.15) is 0 Å². The molecule has 0 saturated carbocycles. The Hall–Kier alpha value is -2.78. The van der Waals surface area contributed by atoms with E-state index < -0.39 is 29.3 Å². The molecule has 5 rings (SSSR count). The van der Waals surface area contributed by atoms with Gasteiger partial charge in [-0.25, -0.2) is 4.39 Å². The number of amides is 3. The third kappa shape index (κ3) is 4.25. The first-order valence-electron chi connectivity index (χ1n) is 12.1. The van der Waals surface area contributed by atoms with Crippen LogP contribution in [0.2, 0.25) is 5.02 Å². The van der Waals surface area contributed by atoms with Crippen molar-refractivity contribution < 1.29 is 23.6 Å². The van der Waals surface area contributed by atoms with E-state index in [0.717, 1.165) is 25.9 Å². The van der Waals surface area contributed by atoms with Gasteiger partial charge in [-0.15, -0.1) is 0 Å². The number of likely N-dealkylation sites (tertiary alicyclic amines) is 2. The van der Waals surface area contributed by atoms with Crippen LogP contribution in [0.15, 0.2) is 29.5 Å². The number of piperidine rings is 1. The maximum absolute atomic E-state index is 13.5. The zero-order valence-corrected chi connectivity index (χ0v) is 20.4. The lowest BCUT2D eigenvalue weighted by atomic mass is 9.81. The molecular formula is C25H28ClFN4O4. The van der Waals surface area contributed by atoms with Crippen LogP contribution in [0.3, 0.4) is 0 Å². The maximum atomic E-state index is 13.5. The molecule has 3 fully saturated rings. The minimum atomic E-state index is -1.29. The molecule has 186 valence electrons. The number of halogens is 2. The fourth-order valence-corrected chi connectivity index (χ4v) is 5.94. The first-order valence-corrected chi connectivity index (χ1v) is 12.4. The van der Waals surface area contributed by atoms with Crippen molar-refractivity contribution >= 4 is 35.1 Å². The smallest absolute Gasteiger partial charge is 0.295 e.